The zero-order chi connectivity index (χ0) is 17.1. The summed E-state index contributed by atoms with van der Waals surface area (Å²) in [7, 11) is 0. The molecule has 0 saturated heterocycles. The van der Waals surface area contributed by atoms with E-state index in [2.05, 4.69) is 13.8 Å². The molecule has 23 heavy (non-hydrogen) atoms. The topological polar surface area (TPSA) is 58.9 Å². The first-order valence-electron chi connectivity index (χ1n) is 8.25. The Bertz CT molecular complexity index is 453. The van der Waals surface area contributed by atoms with Crippen LogP contribution in [0.15, 0.2) is 48.6 Å². The van der Waals surface area contributed by atoms with Gasteiger partial charge in [0, 0.05) is 25.0 Å². The number of aliphatic hydroxyl groups is 2. The highest BCUT2D eigenvalue weighted by molar-refractivity contribution is 5.27. The van der Waals surface area contributed by atoms with Gasteiger partial charge < -0.3 is 19.7 Å². The molecule has 0 heterocycles. The Hall–Kier alpha value is -1.20. The summed E-state index contributed by atoms with van der Waals surface area (Å²) in [5, 5.41) is 20.4. The second-order valence-electron chi connectivity index (χ2n) is 6.68. The molecule has 0 aromatic rings. The van der Waals surface area contributed by atoms with Crippen molar-refractivity contribution in [1.29, 1.82) is 0 Å². The van der Waals surface area contributed by atoms with E-state index in [4.69, 9.17) is 9.47 Å². The summed E-state index contributed by atoms with van der Waals surface area (Å²) >= 11 is 0. The molecule has 2 N–H and O–H groups in total. The molecule has 0 aromatic carbocycles. The number of ether oxygens (including phenoxy) is 2. The van der Waals surface area contributed by atoms with Crippen LogP contribution in [0.25, 0.3) is 0 Å². The maximum absolute atomic E-state index is 10.2. The Morgan fingerprint density at radius 2 is 1.09 bits per heavy atom. The van der Waals surface area contributed by atoms with E-state index in [0.717, 1.165) is 0 Å². The van der Waals surface area contributed by atoms with Gasteiger partial charge in [-0.15, -0.1) is 0 Å². The number of hydrogen-bond acceptors (Lipinski definition) is 4. The molecule has 0 amide bonds. The summed E-state index contributed by atoms with van der Waals surface area (Å²) < 4.78 is 10.7. The summed E-state index contributed by atoms with van der Waals surface area (Å²) in [4.78, 5) is 0. The van der Waals surface area contributed by atoms with Crippen LogP contribution in [0.3, 0.4) is 0 Å². The SMILES string of the molecule is CCOC1(O)C=CC(C(C)(C)C2C=CC(O)(OCC)C=C2)C=C1. The van der Waals surface area contributed by atoms with Gasteiger partial charge in [-0.05, 0) is 43.6 Å². The van der Waals surface area contributed by atoms with Crippen LogP contribution < -0.4 is 0 Å². The molecule has 128 valence electrons. The van der Waals surface area contributed by atoms with Gasteiger partial charge in [-0.1, -0.05) is 38.2 Å². The van der Waals surface area contributed by atoms with E-state index >= 15 is 0 Å². The Morgan fingerprint density at radius 1 is 0.783 bits per heavy atom. The first kappa shape index (κ1) is 18.1. The molecule has 2 aliphatic rings. The van der Waals surface area contributed by atoms with Crippen molar-refractivity contribution in [2.45, 2.75) is 39.3 Å². The van der Waals surface area contributed by atoms with Crippen LogP contribution in [0.4, 0.5) is 0 Å². The molecule has 2 rings (SSSR count). The average molecular weight is 320 g/mol. The van der Waals surface area contributed by atoms with Gasteiger partial charge in [0.2, 0.25) is 11.6 Å². The summed E-state index contributed by atoms with van der Waals surface area (Å²) in [6.07, 6.45) is 14.8. The molecule has 0 fully saturated rings. The normalized spacial score (nSPS) is 36.6. The fourth-order valence-corrected chi connectivity index (χ4v) is 3.07. The molecule has 0 aromatic heterocycles. The van der Waals surface area contributed by atoms with Gasteiger partial charge in [0.15, 0.2) is 0 Å². The van der Waals surface area contributed by atoms with Crippen molar-refractivity contribution in [3.8, 4) is 0 Å². The Balaban J connectivity index is 2.10. The van der Waals surface area contributed by atoms with Crippen molar-refractivity contribution in [2.75, 3.05) is 13.2 Å². The fourth-order valence-electron chi connectivity index (χ4n) is 3.07. The highest BCUT2D eigenvalue weighted by Crippen LogP contribution is 2.42. The highest BCUT2D eigenvalue weighted by atomic mass is 16.6. The third-order valence-electron chi connectivity index (χ3n) is 4.64. The lowest BCUT2D eigenvalue weighted by atomic mass is 9.66. The lowest BCUT2D eigenvalue weighted by Crippen LogP contribution is -2.37. The van der Waals surface area contributed by atoms with Crippen molar-refractivity contribution in [2.24, 2.45) is 17.3 Å². The zero-order valence-electron chi connectivity index (χ0n) is 14.4. The van der Waals surface area contributed by atoms with Gasteiger partial charge in [-0.3, -0.25) is 0 Å². The van der Waals surface area contributed by atoms with E-state index in [9.17, 15) is 10.2 Å². The van der Waals surface area contributed by atoms with Crippen LogP contribution >= 0.6 is 0 Å². The highest BCUT2D eigenvalue weighted by Gasteiger charge is 2.37. The van der Waals surface area contributed by atoms with Crippen molar-refractivity contribution in [3.63, 3.8) is 0 Å². The average Bonchev–Trinajstić information content (AvgIpc) is 2.48. The van der Waals surface area contributed by atoms with E-state index in [1.165, 1.54) is 0 Å². The van der Waals surface area contributed by atoms with Gasteiger partial charge in [0.05, 0.1) is 0 Å². The molecule has 0 unspecified atom stereocenters. The Morgan fingerprint density at radius 3 is 1.35 bits per heavy atom. The van der Waals surface area contributed by atoms with E-state index in [1.54, 1.807) is 24.3 Å². The van der Waals surface area contributed by atoms with Gasteiger partial charge in [0.25, 0.3) is 0 Å². The van der Waals surface area contributed by atoms with E-state index in [-0.39, 0.29) is 17.3 Å². The van der Waals surface area contributed by atoms with E-state index < -0.39 is 11.6 Å². The lowest BCUT2D eigenvalue weighted by molar-refractivity contribution is -0.128. The summed E-state index contributed by atoms with van der Waals surface area (Å²) in [6.45, 7) is 8.94. The lowest BCUT2D eigenvalue weighted by Gasteiger charge is -2.40. The maximum Gasteiger partial charge on any atom is 0.205 e. The second-order valence-corrected chi connectivity index (χ2v) is 6.68. The molecule has 4 heteroatoms. The zero-order valence-corrected chi connectivity index (χ0v) is 14.4. The van der Waals surface area contributed by atoms with Crippen LogP contribution in [0, 0.1) is 17.3 Å². The molecule has 0 radical (unpaired) electrons. The summed E-state index contributed by atoms with van der Waals surface area (Å²) in [5.41, 5.74) is -0.110. The van der Waals surface area contributed by atoms with Crippen molar-refractivity contribution < 1.29 is 19.7 Å². The molecule has 0 spiro atoms. The molecular weight excluding hydrogens is 292 g/mol. The fraction of sp³-hybridized carbons (Fsp3) is 0.579. The van der Waals surface area contributed by atoms with E-state index in [0.29, 0.717) is 13.2 Å². The quantitative estimate of drug-likeness (QED) is 0.583. The minimum Gasteiger partial charge on any atom is -0.359 e. The van der Waals surface area contributed by atoms with Crippen LogP contribution in [0.1, 0.15) is 27.7 Å². The van der Waals surface area contributed by atoms with Crippen LogP contribution in [-0.4, -0.2) is 35.0 Å². The third kappa shape index (κ3) is 4.01. The van der Waals surface area contributed by atoms with Gasteiger partial charge >= 0.3 is 0 Å². The van der Waals surface area contributed by atoms with Crippen LogP contribution in [0.2, 0.25) is 0 Å². The first-order chi connectivity index (χ1) is 10.7. The number of rotatable bonds is 6. The van der Waals surface area contributed by atoms with Crippen molar-refractivity contribution in [3.05, 3.63) is 48.6 Å². The minimum absolute atomic E-state index is 0.110. The van der Waals surface area contributed by atoms with Gasteiger partial charge in [-0.25, -0.2) is 0 Å². The molecule has 4 nitrogen and oxygen atoms in total. The van der Waals surface area contributed by atoms with Crippen molar-refractivity contribution >= 4 is 0 Å². The second kappa shape index (κ2) is 6.73. The standard InChI is InChI=1S/C19H28O4/c1-5-22-18(20)11-7-15(8-12-18)17(3,4)16-9-13-19(21,14-10-16)23-6-2/h7-16,20-21H,5-6H2,1-4H3. The monoisotopic (exact) mass is 320 g/mol. The van der Waals surface area contributed by atoms with Crippen LogP contribution in [0.5, 0.6) is 0 Å². The predicted molar refractivity (Wildman–Crippen MR) is 90.5 cm³/mol. The Labute approximate surface area is 138 Å². The Kier molecular flexibility index (Phi) is 5.31. The third-order valence-corrected chi connectivity index (χ3v) is 4.64. The molecule has 2 aliphatic carbocycles. The molecule has 0 aliphatic heterocycles. The molecule has 0 bridgehead atoms. The van der Waals surface area contributed by atoms with Gasteiger partial charge in [-0.2, -0.15) is 0 Å². The van der Waals surface area contributed by atoms with Crippen LogP contribution in [-0.2, 0) is 9.47 Å². The van der Waals surface area contributed by atoms with E-state index in [1.807, 2.05) is 38.2 Å². The molecular formula is C19H28O4. The smallest absolute Gasteiger partial charge is 0.205 e. The molecule has 0 atom stereocenters. The predicted octanol–water partition coefficient (Wildman–Crippen LogP) is 2.95. The first-order valence-corrected chi connectivity index (χ1v) is 8.25. The number of allylic oxidation sites excluding steroid dienone is 4. The maximum atomic E-state index is 10.2. The largest absolute Gasteiger partial charge is 0.359 e. The number of hydrogen-bond donors (Lipinski definition) is 2. The summed E-state index contributed by atoms with van der Waals surface area (Å²) in [6, 6.07) is 0. The van der Waals surface area contributed by atoms with Gasteiger partial charge in [0.1, 0.15) is 0 Å². The molecule has 0 saturated carbocycles. The minimum atomic E-state index is -1.30. The summed E-state index contributed by atoms with van der Waals surface area (Å²) in [5.74, 6) is -2.29. The van der Waals surface area contributed by atoms with Crippen molar-refractivity contribution in [1.82, 2.24) is 0 Å².